The van der Waals surface area contributed by atoms with Crippen LogP contribution < -0.4 is 4.74 Å². The van der Waals surface area contributed by atoms with Crippen molar-refractivity contribution >= 4 is 0 Å². The van der Waals surface area contributed by atoms with Crippen LogP contribution in [-0.4, -0.2) is 6.86 Å². The van der Waals surface area contributed by atoms with E-state index >= 15 is 0 Å². The summed E-state index contributed by atoms with van der Waals surface area (Å²) in [6.07, 6.45) is 9.03. The molecule has 96 valence electrons. The summed E-state index contributed by atoms with van der Waals surface area (Å²) in [6.45, 7) is 1.48. The first-order chi connectivity index (χ1) is 8.36. The SMILES string of the molecule is CCCCCCCCc1ccc(OCF)cc1. The van der Waals surface area contributed by atoms with Crippen molar-refractivity contribution < 1.29 is 9.13 Å². The summed E-state index contributed by atoms with van der Waals surface area (Å²) in [7, 11) is 0. The highest BCUT2D eigenvalue weighted by Crippen LogP contribution is 2.15. The maximum Gasteiger partial charge on any atom is 0.228 e. The van der Waals surface area contributed by atoms with Gasteiger partial charge in [0.15, 0.2) is 0 Å². The second-order valence-corrected chi connectivity index (χ2v) is 4.42. The van der Waals surface area contributed by atoms with E-state index in [0.717, 1.165) is 6.42 Å². The zero-order valence-corrected chi connectivity index (χ0v) is 10.8. The Kier molecular flexibility index (Phi) is 7.44. The van der Waals surface area contributed by atoms with E-state index in [1.54, 1.807) is 0 Å². The van der Waals surface area contributed by atoms with Crippen molar-refractivity contribution in [1.29, 1.82) is 0 Å². The van der Waals surface area contributed by atoms with Gasteiger partial charge >= 0.3 is 0 Å². The van der Waals surface area contributed by atoms with Gasteiger partial charge in [0.2, 0.25) is 6.86 Å². The van der Waals surface area contributed by atoms with E-state index in [9.17, 15) is 4.39 Å². The molecular weight excluding hydrogens is 215 g/mol. The molecule has 0 bridgehead atoms. The van der Waals surface area contributed by atoms with Crippen LogP contribution in [0.2, 0.25) is 0 Å². The smallest absolute Gasteiger partial charge is 0.228 e. The standard InChI is InChI=1S/C15H23FO/c1-2-3-4-5-6-7-8-14-9-11-15(12-10-14)17-13-16/h9-12H,2-8,13H2,1H3. The number of benzene rings is 1. The number of hydrogen-bond donors (Lipinski definition) is 0. The Hall–Kier alpha value is -1.05. The minimum absolute atomic E-state index is 0.610. The molecule has 0 N–H and O–H groups in total. The highest BCUT2D eigenvalue weighted by molar-refractivity contribution is 5.27. The Labute approximate surface area is 104 Å². The number of aryl methyl sites for hydroxylation is 1. The molecule has 17 heavy (non-hydrogen) atoms. The largest absolute Gasteiger partial charge is 0.463 e. The molecule has 1 aromatic carbocycles. The molecular formula is C15H23FO. The zero-order chi connectivity index (χ0) is 12.3. The third-order valence-electron chi connectivity index (χ3n) is 2.96. The van der Waals surface area contributed by atoms with Gasteiger partial charge in [-0.3, -0.25) is 0 Å². The van der Waals surface area contributed by atoms with E-state index in [-0.39, 0.29) is 0 Å². The number of alkyl halides is 1. The molecule has 2 heteroatoms. The highest BCUT2D eigenvalue weighted by atomic mass is 19.1. The molecule has 0 spiro atoms. The van der Waals surface area contributed by atoms with Crippen LogP contribution in [0.1, 0.15) is 51.0 Å². The van der Waals surface area contributed by atoms with Crippen molar-refractivity contribution in [2.24, 2.45) is 0 Å². The van der Waals surface area contributed by atoms with E-state index in [1.165, 1.54) is 44.1 Å². The first kappa shape index (κ1) is 14.0. The van der Waals surface area contributed by atoms with E-state index in [2.05, 4.69) is 6.92 Å². The van der Waals surface area contributed by atoms with Gasteiger partial charge in [-0.2, -0.15) is 0 Å². The minimum atomic E-state index is -0.753. The number of rotatable bonds is 9. The molecule has 0 atom stereocenters. The molecule has 0 aliphatic heterocycles. The van der Waals surface area contributed by atoms with Gasteiger partial charge in [-0.1, -0.05) is 51.2 Å². The van der Waals surface area contributed by atoms with Crippen molar-refractivity contribution in [1.82, 2.24) is 0 Å². The van der Waals surface area contributed by atoms with Crippen molar-refractivity contribution in [2.75, 3.05) is 6.86 Å². The van der Waals surface area contributed by atoms with Gasteiger partial charge in [0.05, 0.1) is 0 Å². The molecule has 0 aliphatic rings. The minimum Gasteiger partial charge on any atom is -0.463 e. The Morgan fingerprint density at radius 3 is 2.24 bits per heavy atom. The van der Waals surface area contributed by atoms with E-state index in [0.29, 0.717) is 5.75 Å². The lowest BCUT2D eigenvalue weighted by atomic mass is 10.1. The third kappa shape index (κ3) is 6.30. The molecule has 0 aromatic heterocycles. The second kappa shape index (κ2) is 9.03. The van der Waals surface area contributed by atoms with Crippen LogP contribution in [0.4, 0.5) is 4.39 Å². The summed E-state index contributed by atoms with van der Waals surface area (Å²) in [5.74, 6) is 0.610. The summed E-state index contributed by atoms with van der Waals surface area (Å²) in [5, 5.41) is 0. The number of hydrogen-bond acceptors (Lipinski definition) is 1. The van der Waals surface area contributed by atoms with Crippen LogP contribution in [0, 0.1) is 0 Å². The lowest BCUT2D eigenvalue weighted by Gasteiger charge is -2.04. The molecule has 1 rings (SSSR count). The Morgan fingerprint density at radius 1 is 0.941 bits per heavy atom. The van der Waals surface area contributed by atoms with Gasteiger partial charge in [-0.15, -0.1) is 0 Å². The maximum atomic E-state index is 11.9. The normalized spacial score (nSPS) is 10.5. The van der Waals surface area contributed by atoms with Crippen LogP contribution in [0.3, 0.4) is 0 Å². The Balaban J connectivity index is 2.14. The topological polar surface area (TPSA) is 9.23 Å². The van der Waals surface area contributed by atoms with Crippen LogP contribution in [0.5, 0.6) is 5.75 Å². The molecule has 0 fully saturated rings. The van der Waals surface area contributed by atoms with Gasteiger partial charge in [-0.05, 0) is 30.5 Å². The molecule has 0 heterocycles. The number of halogens is 1. The van der Waals surface area contributed by atoms with Crippen molar-refractivity contribution in [3.8, 4) is 5.75 Å². The second-order valence-electron chi connectivity index (χ2n) is 4.42. The van der Waals surface area contributed by atoms with Gasteiger partial charge in [0.1, 0.15) is 5.75 Å². The Morgan fingerprint density at radius 2 is 1.59 bits per heavy atom. The van der Waals surface area contributed by atoms with Gasteiger partial charge in [0.25, 0.3) is 0 Å². The first-order valence-corrected chi connectivity index (χ1v) is 6.64. The molecule has 0 saturated heterocycles. The predicted molar refractivity (Wildman–Crippen MR) is 70.1 cm³/mol. The van der Waals surface area contributed by atoms with Crippen LogP contribution in [0.15, 0.2) is 24.3 Å². The molecule has 0 aliphatic carbocycles. The molecule has 0 amide bonds. The number of ether oxygens (including phenoxy) is 1. The first-order valence-electron chi connectivity index (χ1n) is 6.64. The van der Waals surface area contributed by atoms with E-state index < -0.39 is 6.86 Å². The lowest BCUT2D eigenvalue weighted by Crippen LogP contribution is -1.91. The van der Waals surface area contributed by atoms with Crippen LogP contribution in [0.25, 0.3) is 0 Å². The number of unbranched alkanes of at least 4 members (excludes halogenated alkanes) is 5. The van der Waals surface area contributed by atoms with Crippen LogP contribution >= 0.6 is 0 Å². The average molecular weight is 238 g/mol. The molecule has 1 nitrogen and oxygen atoms in total. The van der Waals surface area contributed by atoms with Gasteiger partial charge in [-0.25, -0.2) is 4.39 Å². The highest BCUT2D eigenvalue weighted by Gasteiger charge is 1.96. The van der Waals surface area contributed by atoms with Crippen molar-refractivity contribution in [3.63, 3.8) is 0 Å². The van der Waals surface area contributed by atoms with Gasteiger partial charge in [0, 0.05) is 0 Å². The fraction of sp³-hybridized carbons (Fsp3) is 0.600. The predicted octanol–water partition coefficient (Wildman–Crippen LogP) is 4.90. The summed E-state index contributed by atoms with van der Waals surface area (Å²) in [5.41, 5.74) is 1.31. The maximum absolute atomic E-state index is 11.9. The average Bonchev–Trinajstić information content (AvgIpc) is 2.36. The third-order valence-corrected chi connectivity index (χ3v) is 2.96. The Bertz CT molecular complexity index is 281. The van der Waals surface area contributed by atoms with Crippen molar-refractivity contribution in [3.05, 3.63) is 29.8 Å². The summed E-state index contributed by atoms with van der Waals surface area (Å²) < 4.78 is 16.7. The fourth-order valence-electron chi connectivity index (χ4n) is 1.92. The van der Waals surface area contributed by atoms with Gasteiger partial charge < -0.3 is 4.74 Å². The van der Waals surface area contributed by atoms with E-state index in [1.807, 2.05) is 24.3 Å². The molecule has 1 aromatic rings. The quantitative estimate of drug-likeness (QED) is 0.556. The summed E-state index contributed by atoms with van der Waals surface area (Å²) >= 11 is 0. The molecule has 0 radical (unpaired) electrons. The van der Waals surface area contributed by atoms with E-state index in [4.69, 9.17) is 4.74 Å². The zero-order valence-electron chi connectivity index (χ0n) is 10.8. The van der Waals surface area contributed by atoms with Crippen LogP contribution in [-0.2, 0) is 6.42 Å². The monoisotopic (exact) mass is 238 g/mol. The molecule has 0 saturated carbocycles. The summed E-state index contributed by atoms with van der Waals surface area (Å²) in [6, 6.07) is 7.73. The lowest BCUT2D eigenvalue weighted by molar-refractivity contribution is 0.191. The fourth-order valence-corrected chi connectivity index (χ4v) is 1.92. The summed E-state index contributed by atoms with van der Waals surface area (Å²) in [4.78, 5) is 0. The van der Waals surface area contributed by atoms with Crippen molar-refractivity contribution in [2.45, 2.75) is 51.9 Å². The molecule has 0 unspecified atom stereocenters.